The summed E-state index contributed by atoms with van der Waals surface area (Å²) in [4.78, 5) is 14.1. The van der Waals surface area contributed by atoms with Gasteiger partial charge in [-0.15, -0.1) is 0 Å². The number of hydrogen-bond acceptors (Lipinski definition) is 7. The van der Waals surface area contributed by atoms with Crippen molar-refractivity contribution in [3.63, 3.8) is 0 Å². The van der Waals surface area contributed by atoms with E-state index in [0.29, 0.717) is 6.42 Å². The SMILES string of the molecule is CCCCCCCCCCCCCCCCCC(=O)O[C@@H]1[C@H]2OC(OC)(c3ccccc3)O[C@H]2[C@H](Sc2ccccc2)O[C@H]1C. The van der Waals surface area contributed by atoms with Crippen LogP contribution in [0.1, 0.15) is 122 Å². The second-order valence-electron chi connectivity index (χ2n) is 12.6. The first-order valence-corrected chi connectivity index (χ1v) is 18.5. The Labute approximate surface area is 276 Å². The van der Waals surface area contributed by atoms with Crippen LogP contribution in [0.3, 0.4) is 0 Å². The van der Waals surface area contributed by atoms with Crippen LogP contribution in [0.2, 0.25) is 0 Å². The van der Waals surface area contributed by atoms with E-state index >= 15 is 0 Å². The van der Waals surface area contributed by atoms with Gasteiger partial charge in [-0.25, -0.2) is 0 Å². The van der Waals surface area contributed by atoms with Crippen molar-refractivity contribution in [3.05, 3.63) is 66.2 Å². The van der Waals surface area contributed by atoms with Crippen LogP contribution < -0.4 is 0 Å². The van der Waals surface area contributed by atoms with Crippen LogP contribution >= 0.6 is 11.8 Å². The predicted molar refractivity (Wildman–Crippen MR) is 181 cm³/mol. The summed E-state index contributed by atoms with van der Waals surface area (Å²) in [7, 11) is 1.57. The van der Waals surface area contributed by atoms with Crippen LogP contribution in [0.5, 0.6) is 0 Å². The summed E-state index contributed by atoms with van der Waals surface area (Å²) in [6.07, 6.45) is 17.8. The molecule has 2 aliphatic rings. The molecule has 45 heavy (non-hydrogen) atoms. The third-order valence-electron chi connectivity index (χ3n) is 8.95. The summed E-state index contributed by atoms with van der Waals surface area (Å²) in [5.41, 5.74) is 0.388. The summed E-state index contributed by atoms with van der Waals surface area (Å²) in [5, 5.41) is 0. The minimum absolute atomic E-state index is 0.212. The number of carbonyl (C=O) groups excluding carboxylic acids is 1. The molecule has 2 aromatic rings. The third kappa shape index (κ3) is 11.1. The molecule has 0 amide bonds. The van der Waals surface area contributed by atoms with Gasteiger partial charge in [0, 0.05) is 24.0 Å². The number of thioether (sulfide) groups is 1. The van der Waals surface area contributed by atoms with Gasteiger partial charge in [-0.05, 0) is 25.5 Å². The quantitative estimate of drug-likeness (QED) is 0.0994. The van der Waals surface area contributed by atoms with E-state index in [1.165, 1.54) is 83.5 Å². The summed E-state index contributed by atoms with van der Waals surface area (Å²) in [6.45, 7) is 4.22. The molecular weight excluding hydrogens is 584 g/mol. The first kappa shape index (κ1) is 35.9. The van der Waals surface area contributed by atoms with Crippen LogP contribution in [0.15, 0.2) is 65.6 Å². The number of methoxy groups -OCH3 is 1. The molecule has 0 saturated carbocycles. The molecule has 0 N–H and O–H groups in total. The maximum absolute atomic E-state index is 13.0. The number of unbranched alkanes of at least 4 members (excludes halogenated alkanes) is 14. The highest BCUT2D eigenvalue weighted by atomic mass is 32.2. The third-order valence-corrected chi connectivity index (χ3v) is 10.1. The molecule has 0 radical (unpaired) electrons. The lowest BCUT2D eigenvalue weighted by Gasteiger charge is -2.40. The molecular formula is C38H56O6S. The molecule has 0 bridgehead atoms. The van der Waals surface area contributed by atoms with Crippen molar-refractivity contribution in [2.45, 2.75) is 157 Å². The van der Waals surface area contributed by atoms with Crippen LogP contribution in [0, 0.1) is 0 Å². The van der Waals surface area contributed by atoms with Crippen molar-refractivity contribution >= 4 is 17.7 Å². The number of ether oxygens (including phenoxy) is 5. The van der Waals surface area contributed by atoms with E-state index in [4.69, 9.17) is 23.7 Å². The fourth-order valence-corrected chi connectivity index (χ4v) is 7.51. The highest BCUT2D eigenvalue weighted by Crippen LogP contribution is 2.47. The Bertz CT molecular complexity index is 1080. The minimum atomic E-state index is -1.40. The Hall–Kier alpha value is -1.90. The van der Waals surface area contributed by atoms with E-state index in [0.717, 1.165) is 23.3 Å². The Balaban J connectivity index is 1.20. The second-order valence-corrected chi connectivity index (χ2v) is 13.8. The molecule has 250 valence electrons. The van der Waals surface area contributed by atoms with Gasteiger partial charge in [0.2, 0.25) is 0 Å². The van der Waals surface area contributed by atoms with Crippen LogP contribution in [-0.2, 0) is 34.5 Å². The largest absolute Gasteiger partial charge is 0.457 e. The zero-order chi connectivity index (χ0) is 31.7. The van der Waals surface area contributed by atoms with Crippen LogP contribution in [0.25, 0.3) is 0 Å². The van der Waals surface area contributed by atoms with Crippen LogP contribution in [0.4, 0.5) is 0 Å². The van der Waals surface area contributed by atoms with Crippen molar-refractivity contribution < 1.29 is 28.5 Å². The van der Waals surface area contributed by atoms with Gasteiger partial charge in [0.1, 0.15) is 17.6 Å². The fraction of sp³-hybridized carbons (Fsp3) is 0.658. The standard InChI is InChI=1S/C38H56O6S/c1-4-5-6-7-8-9-10-11-12-13-14-15-16-17-24-29-33(39)42-34-30(2)41-37(45-32-27-22-19-23-28-32)36-35(34)43-38(40-3,44-36)31-25-20-18-21-26-31/h18-23,25-28,30,34-37H,4-17,24,29H2,1-3H3/t30-,34-,35+,36+,37-,38?/m0/s1. The molecule has 2 aliphatic heterocycles. The molecule has 6 atom stereocenters. The Morgan fingerprint density at radius 3 is 1.80 bits per heavy atom. The maximum Gasteiger partial charge on any atom is 0.312 e. The molecule has 2 aromatic carbocycles. The maximum atomic E-state index is 13.0. The van der Waals surface area contributed by atoms with Gasteiger partial charge >= 0.3 is 11.9 Å². The van der Waals surface area contributed by atoms with Gasteiger partial charge in [-0.2, -0.15) is 0 Å². The lowest BCUT2D eigenvalue weighted by molar-refractivity contribution is -0.345. The highest BCUT2D eigenvalue weighted by molar-refractivity contribution is 7.99. The Morgan fingerprint density at radius 1 is 0.733 bits per heavy atom. The summed E-state index contributed by atoms with van der Waals surface area (Å²) >= 11 is 1.58. The Kier molecular flexibility index (Phi) is 15.7. The number of esters is 1. The molecule has 7 heteroatoms. The Morgan fingerprint density at radius 2 is 1.24 bits per heavy atom. The lowest BCUT2D eigenvalue weighted by atomic mass is 10.0. The first-order chi connectivity index (χ1) is 22.1. The molecule has 0 spiro atoms. The average Bonchev–Trinajstić information content (AvgIpc) is 3.47. The molecule has 2 fully saturated rings. The fourth-order valence-electron chi connectivity index (χ4n) is 6.35. The summed E-state index contributed by atoms with van der Waals surface area (Å²) < 4.78 is 31.5. The average molecular weight is 641 g/mol. The molecule has 2 saturated heterocycles. The van der Waals surface area contributed by atoms with E-state index in [1.54, 1.807) is 18.9 Å². The molecule has 1 unspecified atom stereocenters. The molecule has 4 rings (SSSR count). The summed E-state index contributed by atoms with van der Waals surface area (Å²) in [6, 6.07) is 19.7. The lowest BCUT2D eigenvalue weighted by Crippen LogP contribution is -2.55. The zero-order valence-electron chi connectivity index (χ0n) is 27.8. The van der Waals surface area contributed by atoms with Crippen LogP contribution in [-0.4, -0.2) is 42.9 Å². The first-order valence-electron chi connectivity index (χ1n) is 17.6. The van der Waals surface area contributed by atoms with E-state index in [1.807, 2.05) is 67.6 Å². The van der Waals surface area contributed by atoms with E-state index in [2.05, 4.69) is 6.92 Å². The second kappa shape index (κ2) is 19.7. The van der Waals surface area contributed by atoms with Crippen molar-refractivity contribution in [2.24, 2.45) is 0 Å². The van der Waals surface area contributed by atoms with Crippen molar-refractivity contribution in [3.8, 4) is 0 Å². The van der Waals surface area contributed by atoms with Crippen molar-refractivity contribution in [1.82, 2.24) is 0 Å². The molecule has 6 nitrogen and oxygen atoms in total. The molecule has 0 aromatic heterocycles. The number of carbonyl (C=O) groups is 1. The van der Waals surface area contributed by atoms with E-state index in [-0.39, 0.29) is 17.5 Å². The number of benzene rings is 2. The van der Waals surface area contributed by atoms with Gasteiger partial charge in [0.15, 0.2) is 6.10 Å². The van der Waals surface area contributed by atoms with Gasteiger partial charge < -0.3 is 23.7 Å². The van der Waals surface area contributed by atoms with E-state index in [9.17, 15) is 4.79 Å². The number of fused-ring (bicyclic) bond motifs is 1. The predicted octanol–water partition coefficient (Wildman–Crippen LogP) is 9.94. The zero-order valence-corrected chi connectivity index (χ0v) is 28.6. The van der Waals surface area contributed by atoms with E-state index < -0.39 is 24.3 Å². The smallest absolute Gasteiger partial charge is 0.312 e. The van der Waals surface area contributed by atoms with Gasteiger partial charge in [-0.1, -0.05) is 157 Å². The number of rotatable bonds is 21. The summed E-state index contributed by atoms with van der Waals surface area (Å²) in [5.74, 6) is -1.62. The highest BCUT2D eigenvalue weighted by Gasteiger charge is 2.60. The topological polar surface area (TPSA) is 63.2 Å². The normalized spacial score (nSPS) is 26.1. The number of hydrogen-bond donors (Lipinski definition) is 0. The molecule has 2 heterocycles. The van der Waals surface area contributed by atoms with Gasteiger partial charge in [0.25, 0.3) is 0 Å². The van der Waals surface area contributed by atoms with Gasteiger partial charge in [0.05, 0.1) is 6.10 Å². The van der Waals surface area contributed by atoms with Crippen molar-refractivity contribution in [1.29, 1.82) is 0 Å². The molecule has 0 aliphatic carbocycles. The van der Waals surface area contributed by atoms with Gasteiger partial charge in [-0.3, -0.25) is 4.79 Å². The monoisotopic (exact) mass is 640 g/mol. The minimum Gasteiger partial charge on any atom is -0.457 e. The van der Waals surface area contributed by atoms with Crippen molar-refractivity contribution in [2.75, 3.05) is 7.11 Å².